The quantitative estimate of drug-likeness (QED) is 0.101. The first kappa shape index (κ1) is 34.4. The largest absolute Gasteiger partial charge is 0.479 e. The van der Waals surface area contributed by atoms with Gasteiger partial charge in [0.25, 0.3) is 0 Å². The maximum Gasteiger partial charge on any atom is 0.335 e. The Balaban J connectivity index is 3.57. The average molecular weight is 497 g/mol. The summed E-state index contributed by atoms with van der Waals surface area (Å²) in [6.45, 7) is 4.53. The summed E-state index contributed by atoms with van der Waals surface area (Å²) < 4.78 is 0. The molecule has 0 spiro atoms. The summed E-state index contributed by atoms with van der Waals surface area (Å²) in [5.74, 6) is -1.02. The third kappa shape index (κ3) is 23.6. The molecular weight excluding hydrogens is 432 g/mol. The van der Waals surface area contributed by atoms with Gasteiger partial charge in [-0.15, -0.1) is 0 Å². The smallest absolute Gasteiger partial charge is 0.335 e. The lowest BCUT2D eigenvalue weighted by atomic mass is 9.89. The van der Waals surface area contributed by atoms with Crippen molar-refractivity contribution in [3.05, 3.63) is 0 Å². The number of hydrogen-bond acceptors (Lipinski definition) is 2. The number of carboxylic acids is 1. The van der Waals surface area contributed by atoms with Crippen LogP contribution in [0.3, 0.4) is 0 Å². The lowest BCUT2D eigenvalue weighted by Gasteiger charge is -2.23. The molecule has 3 heteroatoms. The summed E-state index contributed by atoms with van der Waals surface area (Å²) in [5, 5.41) is 20.2. The first-order valence-electron chi connectivity index (χ1n) is 16.0. The van der Waals surface area contributed by atoms with Crippen molar-refractivity contribution >= 4 is 5.97 Å². The molecule has 0 fully saturated rings. The molecule has 0 bridgehead atoms. The fourth-order valence-corrected chi connectivity index (χ4v) is 5.21. The van der Waals surface area contributed by atoms with Gasteiger partial charge >= 0.3 is 5.97 Å². The van der Waals surface area contributed by atoms with Gasteiger partial charge in [0.2, 0.25) is 0 Å². The van der Waals surface area contributed by atoms with Crippen LogP contribution in [0.25, 0.3) is 0 Å². The van der Waals surface area contributed by atoms with Gasteiger partial charge in [-0.2, -0.15) is 0 Å². The molecule has 0 aliphatic rings. The zero-order valence-electron chi connectivity index (χ0n) is 24.1. The molecule has 0 unspecified atom stereocenters. The first-order valence-corrected chi connectivity index (χ1v) is 16.0. The fraction of sp³-hybridized carbons (Fsp3) is 0.969. The van der Waals surface area contributed by atoms with Crippen LogP contribution in [-0.4, -0.2) is 21.8 Å². The molecule has 2 N–H and O–H groups in total. The summed E-state index contributed by atoms with van der Waals surface area (Å²) in [6, 6.07) is 0. The molecule has 0 saturated carbocycles. The molecule has 0 aromatic carbocycles. The Kier molecular flexibility index (Phi) is 26.1. The minimum Gasteiger partial charge on any atom is -0.479 e. The highest BCUT2D eigenvalue weighted by molar-refractivity contribution is 5.76. The number of carboxylic acid groups (broad SMARTS) is 1. The Morgan fingerprint density at radius 1 is 0.429 bits per heavy atom. The summed E-state index contributed by atoms with van der Waals surface area (Å²) in [7, 11) is 0. The van der Waals surface area contributed by atoms with Gasteiger partial charge in [-0.3, -0.25) is 0 Å². The van der Waals surface area contributed by atoms with E-state index in [1.54, 1.807) is 0 Å². The molecule has 0 atom stereocenters. The van der Waals surface area contributed by atoms with E-state index in [0.717, 1.165) is 25.7 Å². The molecule has 35 heavy (non-hydrogen) atoms. The summed E-state index contributed by atoms with van der Waals surface area (Å²) in [4.78, 5) is 11.7. The highest BCUT2D eigenvalue weighted by Crippen LogP contribution is 2.24. The Hall–Kier alpha value is -0.570. The number of hydrogen-bond donors (Lipinski definition) is 2. The molecule has 0 rings (SSSR count). The van der Waals surface area contributed by atoms with Crippen LogP contribution in [0.5, 0.6) is 0 Å². The summed E-state index contributed by atoms with van der Waals surface area (Å²) >= 11 is 0. The zero-order chi connectivity index (χ0) is 25.9. The second kappa shape index (κ2) is 26.5. The van der Waals surface area contributed by atoms with Crippen molar-refractivity contribution in [3.63, 3.8) is 0 Å². The van der Waals surface area contributed by atoms with Crippen LogP contribution in [0.2, 0.25) is 0 Å². The Labute approximate surface area is 220 Å². The maximum absolute atomic E-state index is 11.7. The van der Waals surface area contributed by atoms with Crippen LogP contribution in [-0.2, 0) is 4.79 Å². The monoisotopic (exact) mass is 496 g/mol. The van der Waals surface area contributed by atoms with Crippen LogP contribution >= 0.6 is 0 Å². The van der Waals surface area contributed by atoms with Crippen molar-refractivity contribution in [2.24, 2.45) is 0 Å². The average Bonchev–Trinajstić information content (AvgIpc) is 2.84. The second-order valence-electron chi connectivity index (χ2n) is 11.3. The lowest BCUT2D eigenvalue weighted by Crippen LogP contribution is -2.38. The number of unbranched alkanes of at least 4 members (excludes halogenated alkanes) is 24. The van der Waals surface area contributed by atoms with Crippen LogP contribution in [0, 0.1) is 0 Å². The van der Waals surface area contributed by atoms with Crippen molar-refractivity contribution in [2.75, 3.05) is 0 Å². The molecule has 0 aliphatic heterocycles. The minimum absolute atomic E-state index is 0.415. The maximum atomic E-state index is 11.7. The molecule has 0 radical (unpaired) electrons. The van der Waals surface area contributed by atoms with Gasteiger partial charge in [-0.05, 0) is 25.7 Å². The fourth-order valence-electron chi connectivity index (χ4n) is 5.21. The molecule has 3 nitrogen and oxygen atoms in total. The molecule has 0 saturated heterocycles. The number of carbonyl (C=O) groups is 1. The first-order chi connectivity index (χ1) is 17.1. The lowest BCUT2D eigenvalue weighted by molar-refractivity contribution is -0.160. The molecule has 210 valence electrons. The van der Waals surface area contributed by atoms with E-state index in [1.165, 1.54) is 141 Å². The SMILES string of the molecule is CCCCCCCCCCCCCCCC(O)(CCCCCCCCCCCCCCC)C(=O)O. The number of rotatable bonds is 29. The minimum atomic E-state index is -1.50. The summed E-state index contributed by atoms with van der Waals surface area (Å²) in [5.41, 5.74) is -1.50. The van der Waals surface area contributed by atoms with Gasteiger partial charge in [-0.1, -0.05) is 168 Å². The van der Waals surface area contributed by atoms with Crippen LogP contribution in [0.1, 0.15) is 194 Å². The Bertz CT molecular complexity index is 405. The molecular formula is C32H64O3. The van der Waals surface area contributed by atoms with E-state index in [-0.39, 0.29) is 0 Å². The molecule has 0 aromatic heterocycles. The predicted molar refractivity (Wildman–Crippen MR) is 153 cm³/mol. The van der Waals surface area contributed by atoms with Crippen LogP contribution < -0.4 is 0 Å². The number of aliphatic carboxylic acids is 1. The van der Waals surface area contributed by atoms with E-state index in [4.69, 9.17) is 0 Å². The van der Waals surface area contributed by atoms with E-state index >= 15 is 0 Å². The van der Waals surface area contributed by atoms with Crippen molar-refractivity contribution < 1.29 is 15.0 Å². The van der Waals surface area contributed by atoms with Gasteiger partial charge < -0.3 is 10.2 Å². The number of aliphatic hydroxyl groups is 1. The van der Waals surface area contributed by atoms with Crippen LogP contribution in [0.15, 0.2) is 0 Å². The van der Waals surface area contributed by atoms with Crippen molar-refractivity contribution in [2.45, 2.75) is 199 Å². The van der Waals surface area contributed by atoms with Gasteiger partial charge in [0.1, 0.15) is 0 Å². The third-order valence-corrected chi connectivity index (χ3v) is 7.79. The van der Waals surface area contributed by atoms with Crippen molar-refractivity contribution in [1.82, 2.24) is 0 Å². The molecule has 0 aliphatic carbocycles. The van der Waals surface area contributed by atoms with E-state index in [2.05, 4.69) is 13.8 Å². The van der Waals surface area contributed by atoms with E-state index in [0.29, 0.717) is 12.8 Å². The van der Waals surface area contributed by atoms with Gasteiger partial charge in [0.15, 0.2) is 5.60 Å². The topological polar surface area (TPSA) is 57.5 Å². The van der Waals surface area contributed by atoms with Crippen molar-refractivity contribution in [1.29, 1.82) is 0 Å². The second-order valence-corrected chi connectivity index (χ2v) is 11.3. The van der Waals surface area contributed by atoms with Gasteiger partial charge in [0.05, 0.1) is 0 Å². The van der Waals surface area contributed by atoms with Gasteiger partial charge in [0, 0.05) is 0 Å². The molecule has 0 aromatic rings. The van der Waals surface area contributed by atoms with E-state index in [9.17, 15) is 15.0 Å². The highest BCUT2D eigenvalue weighted by atomic mass is 16.4. The van der Waals surface area contributed by atoms with E-state index in [1.807, 2.05) is 0 Å². The zero-order valence-corrected chi connectivity index (χ0v) is 24.1. The van der Waals surface area contributed by atoms with Crippen molar-refractivity contribution in [3.8, 4) is 0 Å². The normalized spacial score (nSPS) is 11.9. The Morgan fingerprint density at radius 2 is 0.629 bits per heavy atom. The predicted octanol–water partition coefficient (Wildman–Crippen LogP) is 10.8. The van der Waals surface area contributed by atoms with Crippen LogP contribution in [0.4, 0.5) is 0 Å². The standard InChI is InChI=1S/C32H64O3/c1-3-5-7-9-11-13-15-17-19-21-23-25-27-29-32(35,31(33)34)30-28-26-24-22-20-18-16-14-12-10-8-6-4-2/h35H,3-30H2,1-2H3,(H,33,34). The third-order valence-electron chi connectivity index (χ3n) is 7.79. The van der Waals surface area contributed by atoms with E-state index < -0.39 is 11.6 Å². The molecule has 0 heterocycles. The molecule has 0 amide bonds. The Morgan fingerprint density at radius 3 is 0.829 bits per heavy atom. The highest BCUT2D eigenvalue weighted by Gasteiger charge is 2.34. The van der Waals surface area contributed by atoms with Gasteiger partial charge in [-0.25, -0.2) is 4.79 Å². The summed E-state index contributed by atoms with van der Waals surface area (Å²) in [6.07, 6.45) is 34.0.